The number of tetrazole rings is 1. The molecular formula is C20H18N4O2S. The summed E-state index contributed by atoms with van der Waals surface area (Å²) in [6.45, 7) is 3.95. The molecule has 6 nitrogen and oxygen atoms in total. The molecule has 0 spiro atoms. The lowest BCUT2D eigenvalue weighted by molar-refractivity contribution is 0.0556. The maximum Gasteiger partial charge on any atom is 0.339 e. The molecule has 3 aromatic rings. The van der Waals surface area contributed by atoms with Crippen LogP contribution in [0.15, 0.2) is 53.7 Å². The Morgan fingerprint density at radius 1 is 1.11 bits per heavy atom. The van der Waals surface area contributed by atoms with E-state index in [0.29, 0.717) is 16.5 Å². The van der Waals surface area contributed by atoms with Crippen LogP contribution in [0.3, 0.4) is 0 Å². The van der Waals surface area contributed by atoms with Crippen LogP contribution in [0, 0.1) is 25.7 Å². The second kappa shape index (κ2) is 9.01. The lowest BCUT2D eigenvalue weighted by Crippen LogP contribution is -2.07. The number of carbonyl (C=O) groups is 1. The van der Waals surface area contributed by atoms with Crippen LogP contribution in [-0.2, 0) is 4.74 Å². The second-order valence-electron chi connectivity index (χ2n) is 5.74. The number of esters is 1. The molecule has 0 bridgehead atoms. The third-order valence-electron chi connectivity index (χ3n) is 3.76. The smallest absolute Gasteiger partial charge is 0.339 e. The zero-order valence-corrected chi connectivity index (χ0v) is 15.9. The van der Waals surface area contributed by atoms with E-state index in [9.17, 15) is 4.79 Å². The Labute approximate surface area is 161 Å². The first-order valence-electron chi connectivity index (χ1n) is 8.32. The number of aryl methyl sites for hydroxylation is 2. The van der Waals surface area contributed by atoms with Crippen LogP contribution in [0.5, 0.6) is 0 Å². The van der Waals surface area contributed by atoms with Gasteiger partial charge in [0.1, 0.15) is 0 Å². The monoisotopic (exact) mass is 378 g/mol. The van der Waals surface area contributed by atoms with E-state index in [1.807, 2.05) is 56.3 Å². The first-order valence-corrected chi connectivity index (χ1v) is 9.30. The molecule has 1 aromatic heterocycles. The molecule has 0 saturated carbocycles. The number of ether oxygens (including phenoxy) is 1. The van der Waals surface area contributed by atoms with Crippen LogP contribution in [0.2, 0.25) is 0 Å². The van der Waals surface area contributed by atoms with Gasteiger partial charge in [0.15, 0.2) is 6.61 Å². The number of thioether (sulfide) groups is 1. The van der Waals surface area contributed by atoms with E-state index in [1.54, 1.807) is 10.7 Å². The molecule has 0 fully saturated rings. The molecule has 27 heavy (non-hydrogen) atoms. The van der Waals surface area contributed by atoms with Crippen molar-refractivity contribution in [1.82, 2.24) is 20.2 Å². The molecule has 0 N–H and O–H groups in total. The van der Waals surface area contributed by atoms with Crippen molar-refractivity contribution in [3.63, 3.8) is 0 Å². The van der Waals surface area contributed by atoms with E-state index in [-0.39, 0.29) is 12.6 Å². The third-order valence-corrected chi connectivity index (χ3v) is 4.56. The normalized spacial score (nSPS) is 10.1. The summed E-state index contributed by atoms with van der Waals surface area (Å²) >= 11 is 1.42. The van der Waals surface area contributed by atoms with Crippen LogP contribution in [0.4, 0.5) is 0 Å². The highest BCUT2D eigenvalue weighted by atomic mass is 32.2. The van der Waals surface area contributed by atoms with Crippen LogP contribution in [-0.4, -0.2) is 38.5 Å². The highest BCUT2D eigenvalue weighted by Crippen LogP contribution is 2.17. The molecule has 136 valence electrons. The van der Waals surface area contributed by atoms with Crippen LogP contribution in [0.1, 0.15) is 21.5 Å². The predicted molar refractivity (Wildman–Crippen MR) is 104 cm³/mol. The van der Waals surface area contributed by atoms with Gasteiger partial charge in [-0.1, -0.05) is 59.5 Å². The molecule has 0 aliphatic heterocycles. The Balaban J connectivity index is 1.50. The fourth-order valence-corrected chi connectivity index (χ4v) is 2.96. The van der Waals surface area contributed by atoms with Crippen molar-refractivity contribution in [2.24, 2.45) is 0 Å². The van der Waals surface area contributed by atoms with E-state index in [0.717, 1.165) is 11.3 Å². The number of nitrogens with zero attached hydrogens (tertiary/aromatic N) is 4. The van der Waals surface area contributed by atoms with E-state index < -0.39 is 0 Å². The Morgan fingerprint density at radius 3 is 2.67 bits per heavy atom. The molecular weight excluding hydrogens is 360 g/mol. The quantitative estimate of drug-likeness (QED) is 0.386. The minimum atomic E-state index is -0.363. The van der Waals surface area contributed by atoms with Gasteiger partial charge in [-0.15, -0.1) is 5.10 Å². The number of hydrogen-bond acceptors (Lipinski definition) is 6. The van der Waals surface area contributed by atoms with Gasteiger partial charge in [-0.2, -0.15) is 4.68 Å². The van der Waals surface area contributed by atoms with Crippen molar-refractivity contribution >= 4 is 17.7 Å². The third kappa shape index (κ3) is 4.96. The van der Waals surface area contributed by atoms with Gasteiger partial charge in [0, 0.05) is 0 Å². The Hall–Kier alpha value is -3.11. The number of carbonyl (C=O) groups excluding carboxylic acids is 1. The average Bonchev–Trinajstić information content (AvgIpc) is 3.14. The van der Waals surface area contributed by atoms with Crippen molar-refractivity contribution in [2.45, 2.75) is 19.0 Å². The number of aromatic nitrogens is 4. The molecule has 3 rings (SSSR count). The van der Waals surface area contributed by atoms with Gasteiger partial charge in [0.2, 0.25) is 5.16 Å². The Kier molecular flexibility index (Phi) is 6.23. The van der Waals surface area contributed by atoms with Crippen molar-refractivity contribution in [3.8, 4) is 17.5 Å². The van der Waals surface area contributed by atoms with Crippen LogP contribution >= 0.6 is 11.8 Å². The van der Waals surface area contributed by atoms with Crippen LogP contribution in [0.25, 0.3) is 5.69 Å². The van der Waals surface area contributed by atoms with Gasteiger partial charge in [0.05, 0.1) is 17.0 Å². The fraction of sp³-hybridized carbons (Fsp3) is 0.200. The van der Waals surface area contributed by atoms with Crippen molar-refractivity contribution in [2.75, 3.05) is 12.4 Å². The zero-order valence-electron chi connectivity index (χ0n) is 15.0. The maximum absolute atomic E-state index is 12.0. The lowest BCUT2D eigenvalue weighted by atomic mass is 10.1. The number of rotatable bonds is 5. The summed E-state index contributed by atoms with van der Waals surface area (Å²) in [5.74, 6) is 5.93. The van der Waals surface area contributed by atoms with Crippen LogP contribution < -0.4 is 0 Å². The maximum atomic E-state index is 12.0. The standard InChI is InChI=1S/C20H18N4O2S/c1-15-9-11-17(12-10-15)24-20(21-22-23-24)27-14-6-5-13-26-19(25)18-8-4-3-7-16(18)2/h3-4,7-12H,13-14H2,1-2H3. The molecule has 2 aromatic carbocycles. The van der Waals surface area contributed by atoms with Gasteiger partial charge in [-0.05, 0) is 48.0 Å². The highest BCUT2D eigenvalue weighted by Gasteiger charge is 2.09. The molecule has 7 heteroatoms. The van der Waals surface area contributed by atoms with Crippen molar-refractivity contribution in [3.05, 3.63) is 65.2 Å². The largest absolute Gasteiger partial charge is 0.449 e. The van der Waals surface area contributed by atoms with Crippen molar-refractivity contribution < 1.29 is 9.53 Å². The summed E-state index contributed by atoms with van der Waals surface area (Å²) in [6, 6.07) is 15.3. The van der Waals surface area contributed by atoms with E-state index in [4.69, 9.17) is 4.74 Å². The Bertz CT molecular complexity index is 987. The summed E-state index contributed by atoms with van der Waals surface area (Å²) in [7, 11) is 0. The molecule has 1 heterocycles. The van der Waals surface area contributed by atoms with E-state index >= 15 is 0 Å². The van der Waals surface area contributed by atoms with Gasteiger partial charge < -0.3 is 4.74 Å². The number of benzene rings is 2. The fourth-order valence-electron chi connectivity index (χ4n) is 2.30. The topological polar surface area (TPSA) is 69.9 Å². The number of hydrogen-bond donors (Lipinski definition) is 0. The first-order chi connectivity index (χ1) is 13.1. The molecule has 0 unspecified atom stereocenters. The average molecular weight is 378 g/mol. The SMILES string of the molecule is Cc1ccc(-n2nnnc2SCC#CCOC(=O)c2ccccc2C)cc1. The minimum Gasteiger partial charge on any atom is -0.449 e. The summed E-state index contributed by atoms with van der Waals surface area (Å²) in [5, 5.41) is 12.4. The van der Waals surface area contributed by atoms with E-state index in [2.05, 4.69) is 27.4 Å². The summed E-state index contributed by atoms with van der Waals surface area (Å²) in [5.41, 5.74) is 3.51. The molecule has 0 radical (unpaired) electrons. The zero-order chi connectivity index (χ0) is 19.1. The summed E-state index contributed by atoms with van der Waals surface area (Å²) in [6.07, 6.45) is 0. The molecule has 0 amide bonds. The molecule has 0 atom stereocenters. The molecule has 0 saturated heterocycles. The minimum absolute atomic E-state index is 0.0522. The van der Waals surface area contributed by atoms with E-state index in [1.165, 1.54) is 17.3 Å². The van der Waals surface area contributed by atoms with Gasteiger partial charge in [0.25, 0.3) is 0 Å². The van der Waals surface area contributed by atoms with Gasteiger partial charge >= 0.3 is 5.97 Å². The van der Waals surface area contributed by atoms with Gasteiger partial charge in [-0.25, -0.2) is 4.79 Å². The first kappa shape index (κ1) is 18.7. The highest BCUT2D eigenvalue weighted by molar-refractivity contribution is 7.99. The summed E-state index contributed by atoms with van der Waals surface area (Å²) in [4.78, 5) is 12.0. The molecule has 0 aliphatic carbocycles. The molecule has 0 aliphatic rings. The second-order valence-corrected chi connectivity index (χ2v) is 6.68. The lowest BCUT2D eigenvalue weighted by Gasteiger charge is -2.03. The van der Waals surface area contributed by atoms with Crippen molar-refractivity contribution in [1.29, 1.82) is 0 Å². The van der Waals surface area contributed by atoms with Gasteiger partial charge in [-0.3, -0.25) is 0 Å². The summed E-state index contributed by atoms with van der Waals surface area (Å²) < 4.78 is 6.85. The Morgan fingerprint density at radius 2 is 1.89 bits per heavy atom. The predicted octanol–water partition coefficient (Wildman–Crippen LogP) is 3.23.